The molecule has 0 radical (unpaired) electrons. The van der Waals surface area contributed by atoms with E-state index < -0.39 is 0 Å². The zero-order chi connectivity index (χ0) is 11.1. The van der Waals surface area contributed by atoms with Crippen LogP contribution in [0.15, 0.2) is 0 Å². The second-order valence-corrected chi connectivity index (χ2v) is 3.61. The number of amides is 1. The first-order valence-electron chi connectivity index (χ1n) is 5.10. The van der Waals surface area contributed by atoms with Crippen LogP contribution in [0.3, 0.4) is 0 Å². The predicted octanol–water partition coefficient (Wildman–Crippen LogP) is -0.319. The Morgan fingerprint density at radius 1 is 1.60 bits per heavy atom. The molecule has 0 aromatic heterocycles. The Morgan fingerprint density at radius 2 is 2.40 bits per heavy atom. The van der Waals surface area contributed by atoms with Gasteiger partial charge in [0.05, 0.1) is 25.6 Å². The minimum atomic E-state index is -0.111. The SMILES string of the molecule is N#CCCNC(=O)CN1CCCC(=O)C1. The van der Waals surface area contributed by atoms with Crippen LogP contribution in [0.25, 0.3) is 0 Å². The quantitative estimate of drug-likeness (QED) is 0.644. The van der Waals surface area contributed by atoms with Gasteiger partial charge in [0.1, 0.15) is 5.78 Å². The van der Waals surface area contributed by atoms with Crippen LogP contribution in [0.2, 0.25) is 0 Å². The average molecular weight is 209 g/mol. The zero-order valence-electron chi connectivity index (χ0n) is 8.66. The number of Topliss-reactive ketones (excluding diaryl/α,β-unsaturated/α-hetero) is 1. The minimum Gasteiger partial charge on any atom is -0.354 e. The summed E-state index contributed by atoms with van der Waals surface area (Å²) in [5, 5.41) is 10.9. The summed E-state index contributed by atoms with van der Waals surface area (Å²) in [6.07, 6.45) is 1.79. The summed E-state index contributed by atoms with van der Waals surface area (Å²) in [6, 6.07) is 1.95. The number of carbonyl (C=O) groups is 2. The Balaban J connectivity index is 2.19. The molecule has 0 atom stereocenters. The highest BCUT2D eigenvalue weighted by atomic mass is 16.2. The van der Waals surface area contributed by atoms with Crippen molar-refractivity contribution >= 4 is 11.7 Å². The Bertz CT molecular complexity index is 283. The van der Waals surface area contributed by atoms with Crippen molar-refractivity contribution in [3.63, 3.8) is 0 Å². The van der Waals surface area contributed by atoms with Gasteiger partial charge in [-0.15, -0.1) is 0 Å². The average Bonchev–Trinajstić information content (AvgIpc) is 2.18. The fraction of sp³-hybridized carbons (Fsp3) is 0.700. The first-order valence-corrected chi connectivity index (χ1v) is 5.10. The molecule has 1 rings (SSSR count). The van der Waals surface area contributed by atoms with Gasteiger partial charge in [0.2, 0.25) is 5.91 Å². The third-order valence-electron chi connectivity index (χ3n) is 2.26. The van der Waals surface area contributed by atoms with Crippen LogP contribution in [0.5, 0.6) is 0 Å². The number of nitrogens with zero attached hydrogens (tertiary/aromatic N) is 2. The third kappa shape index (κ3) is 4.56. The molecule has 0 aliphatic carbocycles. The van der Waals surface area contributed by atoms with E-state index in [2.05, 4.69) is 5.32 Å². The molecule has 5 nitrogen and oxygen atoms in total. The zero-order valence-corrected chi connectivity index (χ0v) is 8.66. The van der Waals surface area contributed by atoms with Crippen molar-refractivity contribution in [2.24, 2.45) is 0 Å². The van der Waals surface area contributed by atoms with Gasteiger partial charge >= 0.3 is 0 Å². The summed E-state index contributed by atoms with van der Waals surface area (Å²) in [5.74, 6) is 0.0889. The second kappa shape index (κ2) is 6.14. The van der Waals surface area contributed by atoms with Crippen molar-refractivity contribution in [3.8, 4) is 6.07 Å². The lowest BCUT2D eigenvalue weighted by Crippen LogP contribution is -2.42. The van der Waals surface area contributed by atoms with Crippen molar-refractivity contribution < 1.29 is 9.59 Å². The number of ketones is 1. The van der Waals surface area contributed by atoms with Crippen molar-refractivity contribution in [1.29, 1.82) is 5.26 Å². The summed E-state index contributed by atoms with van der Waals surface area (Å²) in [6.45, 7) is 1.83. The standard InChI is InChI=1S/C10H15N3O2/c11-4-2-5-12-10(15)8-13-6-1-3-9(14)7-13/h1-3,5-8H2,(H,12,15). The van der Waals surface area contributed by atoms with Gasteiger partial charge in [-0.25, -0.2) is 0 Å². The summed E-state index contributed by atoms with van der Waals surface area (Å²) < 4.78 is 0. The van der Waals surface area contributed by atoms with Crippen molar-refractivity contribution in [3.05, 3.63) is 0 Å². The molecule has 1 N–H and O–H groups in total. The number of likely N-dealkylation sites (tertiary alicyclic amines) is 1. The number of piperidine rings is 1. The summed E-state index contributed by atoms with van der Waals surface area (Å²) in [5.41, 5.74) is 0. The maximum atomic E-state index is 11.3. The molecule has 0 aromatic rings. The van der Waals surface area contributed by atoms with Crippen LogP contribution < -0.4 is 5.32 Å². The van der Waals surface area contributed by atoms with E-state index in [4.69, 9.17) is 5.26 Å². The summed E-state index contributed by atoms with van der Waals surface area (Å²) >= 11 is 0. The van der Waals surface area contributed by atoms with E-state index in [1.54, 1.807) is 0 Å². The lowest BCUT2D eigenvalue weighted by molar-refractivity contribution is -0.125. The maximum Gasteiger partial charge on any atom is 0.234 e. The van der Waals surface area contributed by atoms with Crippen LogP contribution in [0.4, 0.5) is 0 Å². The number of nitrogens with one attached hydrogen (secondary N) is 1. The Hall–Kier alpha value is -1.41. The molecular weight excluding hydrogens is 194 g/mol. The van der Waals surface area contributed by atoms with Gasteiger partial charge in [-0.3, -0.25) is 14.5 Å². The first-order chi connectivity index (χ1) is 7.22. The van der Waals surface area contributed by atoms with Crippen LogP contribution in [0.1, 0.15) is 19.3 Å². The van der Waals surface area contributed by atoms with Gasteiger partial charge < -0.3 is 5.32 Å². The topological polar surface area (TPSA) is 73.2 Å². The highest BCUT2D eigenvalue weighted by Crippen LogP contribution is 2.04. The lowest BCUT2D eigenvalue weighted by atomic mass is 10.1. The maximum absolute atomic E-state index is 11.3. The molecule has 1 aliphatic heterocycles. The molecule has 1 amide bonds. The molecule has 1 saturated heterocycles. The van der Waals surface area contributed by atoms with Crippen LogP contribution in [0, 0.1) is 11.3 Å². The third-order valence-corrected chi connectivity index (χ3v) is 2.26. The molecule has 15 heavy (non-hydrogen) atoms. The van der Waals surface area contributed by atoms with Gasteiger partial charge in [-0.05, 0) is 13.0 Å². The first kappa shape index (κ1) is 11.7. The molecule has 0 saturated carbocycles. The lowest BCUT2D eigenvalue weighted by Gasteiger charge is -2.24. The normalized spacial score (nSPS) is 17.1. The smallest absolute Gasteiger partial charge is 0.234 e. The van der Waals surface area contributed by atoms with E-state index in [1.165, 1.54) is 0 Å². The van der Waals surface area contributed by atoms with Crippen molar-refractivity contribution in [1.82, 2.24) is 10.2 Å². The van der Waals surface area contributed by atoms with Gasteiger partial charge in [-0.1, -0.05) is 0 Å². The number of hydrogen-bond donors (Lipinski definition) is 1. The van der Waals surface area contributed by atoms with Crippen molar-refractivity contribution in [2.75, 3.05) is 26.2 Å². The second-order valence-electron chi connectivity index (χ2n) is 3.61. The van der Waals surface area contributed by atoms with E-state index in [-0.39, 0.29) is 18.2 Å². The van der Waals surface area contributed by atoms with Crippen molar-refractivity contribution in [2.45, 2.75) is 19.3 Å². The molecule has 82 valence electrons. The van der Waals surface area contributed by atoms with Gasteiger partial charge in [-0.2, -0.15) is 5.26 Å². The fourth-order valence-corrected chi connectivity index (χ4v) is 1.56. The summed E-state index contributed by atoms with van der Waals surface area (Å²) in [4.78, 5) is 24.3. The highest BCUT2D eigenvalue weighted by molar-refractivity contribution is 5.83. The van der Waals surface area contributed by atoms with Crippen LogP contribution in [-0.2, 0) is 9.59 Å². The van der Waals surface area contributed by atoms with E-state index in [9.17, 15) is 9.59 Å². The van der Waals surface area contributed by atoms with E-state index >= 15 is 0 Å². The molecule has 0 aromatic carbocycles. The van der Waals surface area contributed by atoms with Crippen LogP contribution >= 0.6 is 0 Å². The molecular formula is C10H15N3O2. The number of hydrogen-bond acceptors (Lipinski definition) is 4. The fourth-order valence-electron chi connectivity index (χ4n) is 1.56. The van der Waals surface area contributed by atoms with E-state index in [0.717, 1.165) is 13.0 Å². The number of rotatable bonds is 4. The molecule has 0 bridgehead atoms. The summed E-state index contributed by atoms with van der Waals surface area (Å²) in [7, 11) is 0. The van der Waals surface area contributed by atoms with E-state index in [1.807, 2.05) is 11.0 Å². The largest absolute Gasteiger partial charge is 0.354 e. The molecule has 0 spiro atoms. The van der Waals surface area contributed by atoms with E-state index in [0.29, 0.717) is 25.9 Å². The number of nitriles is 1. The molecule has 5 heteroatoms. The molecule has 1 aliphatic rings. The van der Waals surface area contributed by atoms with Gasteiger partial charge in [0.15, 0.2) is 0 Å². The van der Waals surface area contributed by atoms with Crippen LogP contribution in [-0.4, -0.2) is 42.8 Å². The Labute approximate surface area is 89.0 Å². The molecule has 0 unspecified atom stereocenters. The highest BCUT2D eigenvalue weighted by Gasteiger charge is 2.18. The molecule has 1 heterocycles. The Kier molecular flexibility index (Phi) is 4.78. The minimum absolute atomic E-state index is 0.111. The number of carbonyl (C=O) groups excluding carboxylic acids is 2. The molecule has 1 fully saturated rings. The Morgan fingerprint density at radius 3 is 3.07 bits per heavy atom. The predicted molar refractivity (Wildman–Crippen MR) is 53.9 cm³/mol. The van der Waals surface area contributed by atoms with Gasteiger partial charge in [0, 0.05) is 13.0 Å². The van der Waals surface area contributed by atoms with Gasteiger partial charge in [0.25, 0.3) is 0 Å². The monoisotopic (exact) mass is 209 g/mol.